The summed E-state index contributed by atoms with van der Waals surface area (Å²) in [6, 6.07) is 40.7. The predicted octanol–water partition coefficient (Wildman–Crippen LogP) is 12.0. The third-order valence-electron chi connectivity index (χ3n) is 8.60. The zero-order valence-corrected chi connectivity index (χ0v) is 27.9. The number of unbranched alkanes of at least 4 members (excludes halogenated alkanes) is 4. The highest BCUT2D eigenvalue weighted by molar-refractivity contribution is 7.25. The van der Waals surface area contributed by atoms with Crippen molar-refractivity contribution in [2.24, 2.45) is 0 Å². The van der Waals surface area contributed by atoms with Gasteiger partial charge in [0.05, 0.1) is 0 Å². The molecule has 44 heavy (non-hydrogen) atoms. The molecule has 2 heteroatoms. The van der Waals surface area contributed by atoms with Crippen LogP contribution in [0, 0.1) is 6.92 Å². The molecular formula is C42H42S2. The Balaban J connectivity index is 1.37. The topological polar surface area (TPSA) is 0 Å². The molecule has 0 aliphatic carbocycles. The molecule has 4 aromatic carbocycles. The van der Waals surface area contributed by atoms with Gasteiger partial charge in [0.25, 0.3) is 0 Å². The molecule has 0 saturated carbocycles. The lowest BCUT2D eigenvalue weighted by Crippen LogP contribution is -2.27. The van der Waals surface area contributed by atoms with Gasteiger partial charge in [0.1, 0.15) is 0 Å². The summed E-state index contributed by atoms with van der Waals surface area (Å²) in [5, 5.41) is 5.40. The van der Waals surface area contributed by atoms with Gasteiger partial charge >= 0.3 is 0 Å². The van der Waals surface area contributed by atoms with Crippen molar-refractivity contribution in [1.82, 2.24) is 0 Å². The summed E-state index contributed by atoms with van der Waals surface area (Å²) in [7, 11) is 0. The van der Waals surface area contributed by atoms with Crippen molar-refractivity contribution in [3.8, 4) is 30.6 Å². The lowest BCUT2D eigenvalue weighted by Gasteiger charge is -2.14. The van der Waals surface area contributed by atoms with E-state index < -0.39 is 0 Å². The minimum absolute atomic E-state index is 1.11. The standard InChI is InChI=1S/C42H42S2/c1-4-6-8-15-31-16-10-12-19-34(31)36(21-9-7-5-2)38-29-33(24-23-30(38)3)39-25-27-41(43-39)42-28-26-40(44-42)37-22-14-18-32-17-11-13-20-35(32)37/h10-20,22-29H,4-9,21H2,1-3H3/b31-15+,36-34-. The predicted molar refractivity (Wildman–Crippen MR) is 197 cm³/mol. The molecule has 0 atom stereocenters. The molecule has 0 aliphatic heterocycles. The van der Waals surface area contributed by atoms with Gasteiger partial charge in [-0.3, -0.25) is 0 Å². The molecule has 0 aliphatic rings. The normalized spacial score (nSPS) is 12.7. The molecule has 2 heterocycles. The number of thiophene rings is 2. The second-order valence-corrected chi connectivity index (χ2v) is 13.9. The molecular weight excluding hydrogens is 569 g/mol. The number of fused-ring (bicyclic) bond motifs is 1. The summed E-state index contributed by atoms with van der Waals surface area (Å²) < 4.78 is 0. The number of hydrogen-bond donors (Lipinski definition) is 0. The SMILES string of the molecule is CCCC/C=c1\cccc\c1=C(/CCCCC)c1cc(-c2ccc(-c3ccc(-c4cccc5ccccc45)s3)s2)ccc1C. The minimum atomic E-state index is 1.11. The number of rotatable bonds is 11. The molecule has 2 aromatic heterocycles. The summed E-state index contributed by atoms with van der Waals surface area (Å²) >= 11 is 3.80. The molecule has 6 rings (SSSR count). The zero-order valence-electron chi connectivity index (χ0n) is 26.2. The highest BCUT2D eigenvalue weighted by Gasteiger charge is 2.13. The fourth-order valence-corrected chi connectivity index (χ4v) is 8.30. The summed E-state index contributed by atoms with van der Waals surface area (Å²) in [6.07, 6.45) is 10.9. The van der Waals surface area contributed by atoms with E-state index in [4.69, 9.17) is 0 Å². The molecule has 6 aromatic rings. The molecule has 0 unspecified atom stereocenters. The maximum absolute atomic E-state index is 2.46. The highest BCUT2D eigenvalue weighted by atomic mass is 32.1. The Kier molecular flexibility index (Phi) is 9.90. The Morgan fingerprint density at radius 1 is 0.636 bits per heavy atom. The van der Waals surface area contributed by atoms with Crippen LogP contribution in [0.1, 0.15) is 69.9 Å². The average molecular weight is 611 g/mol. The zero-order chi connectivity index (χ0) is 30.3. The van der Waals surface area contributed by atoms with E-state index in [-0.39, 0.29) is 0 Å². The fourth-order valence-electron chi connectivity index (χ4n) is 6.16. The molecule has 0 radical (unpaired) electrons. The molecule has 0 saturated heterocycles. The van der Waals surface area contributed by atoms with E-state index in [9.17, 15) is 0 Å². The Labute approximate surface area is 271 Å². The van der Waals surface area contributed by atoms with E-state index in [2.05, 4.69) is 136 Å². The van der Waals surface area contributed by atoms with Crippen molar-refractivity contribution in [2.75, 3.05) is 0 Å². The quantitative estimate of drug-likeness (QED) is 0.128. The van der Waals surface area contributed by atoms with Gasteiger partial charge in [-0.1, -0.05) is 124 Å². The average Bonchev–Trinajstić information content (AvgIpc) is 3.75. The molecule has 0 nitrogen and oxygen atoms in total. The Hall–Kier alpha value is -3.72. The highest BCUT2D eigenvalue weighted by Crippen LogP contribution is 2.42. The summed E-state index contributed by atoms with van der Waals surface area (Å²) in [5.41, 5.74) is 6.89. The number of benzene rings is 4. The number of aryl methyl sites for hydroxylation is 1. The molecule has 0 amide bonds. The van der Waals surface area contributed by atoms with Crippen LogP contribution in [0.2, 0.25) is 0 Å². The summed E-state index contributed by atoms with van der Waals surface area (Å²) in [5.74, 6) is 0. The van der Waals surface area contributed by atoms with Crippen molar-refractivity contribution >= 4 is 45.1 Å². The molecule has 0 fully saturated rings. The Bertz CT molecular complexity index is 1980. The van der Waals surface area contributed by atoms with Crippen LogP contribution in [0.5, 0.6) is 0 Å². The van der Waals surface area contributed by atoms with Crippen LogP contribution in [0.15, 0.2) is 109 Å². The van der Waals surface area contributed by atoms with Crippen molar-refractivity contribution in [3.05, 3.63) is 131 Å². The molecule has 222 valence electrons. The first-order chi connectivity index (χ1) is 21.7. The lowest BCUT2D eigenvalue weighted by atomic mass is 9.91. The van der Waals surface area contributed by atoms with Gasteiger partial charge in [-0.15, -0.1) is 22.7 Å². The van der Waals surface area contributed by atoms with Crippen molar-refractivity contribution in [3.63, 3.8) is 0 Å². The monoisotopic (exact) mass is 610 g/mol. The molecule has 0 N–H and O–H groups in total. The maximum Gasteiger partial charge on any atom is 0.0449 e. The van der Waals surface area contributed by atoms with Gasteiger partial charge in [0.15, 0.2) is 0 Å². The van der Waals surface area contributed by atoms with E-state index in [1.165, 1.54) is 101 Å². The van der Waals surface area contributed by atoms with Crippen LogP contribution in [-0.2, 0) is 0 Å². The van der Waals surface area contributed by atoms with Gasteiger partial charge in [-0.25, -0.2) is 0 Å². The van der Waals surface area contributed by atoms with Crippen LogP contribution in [0.25, 0.3) is 53.1 Å². The molecule has 0 spiro atoms. The van der Waals surface area contributed by atoms with E-state index in [0.717, 1.165) is 12.8 Å². The first kappa shape index (κ1) is 30.3. The minimum Gasteiger partial charge on any atom is -0.134 e. The van der Waals surface area contributed by atoms with Crippen LogP contribution in [0.3, 0.4) is 0 Å². The second-order valence-electron chi connectivity index (χ2n) is 11.8. The van der Waals surface area contributed by atoms with Crippen molar-refractivity contribution < 1.29 is 0 Å². The smallest absolute Gasteiger partial charge is 0.0449 e. The number of hydrogen-bond acceptors (Lipinski definition) is 2. The lowest BCUT2D eigenvalue weighted by molar-refractivity contribution is 0.734. The summed E-state index contributed by atoms with van der Waals surface area (Å²) in [6.45, 7) is 6.85. The third-order valence-corrected chi connectivity index (χ3v) is 11.0. The van der Waals surface area contributed by atoms with Gasteiger partial charge in [0.2, 0.25) is 0 Å². The fraction of sp³-hybridized carbons (Fsp3) is 0.238. The van der Waals surface area contributed by atoms with Crippen LogP contribution < -0.4 is 10.4 Å². The van der Waals surface area contributed by atoms with E-state index in [1.807, 2.05) is 22.7 Å². The van der Waals surface area contributed by atoms with E-state index in [0.29, 0.717) is 0 Å². The van der Waals surface area contributed by atoms with Gasteiger partial charge in [-0.2, -0.15) is 0 Å². The molecule has 0 bridgehead atoms. The Morgan fingerprint density at radius 2 is 1.34 bits per heavy atom. The van der Waals surface area contributed by atoms with Gasteiger partial charge < -0.3 is 0 Å². The van der Waals surface area contributed by atoms with E-state index in [1.54, 1.807) is 0 Å². The van der Waals surface area contributed by atoms with Crippen molar-refractivity contribution in [1.29, 1.82) is 0 Å². The first-order valence-corrected chi connectivity index (χ1v) is 17.9. The van der Waals surface area contributed by atoms with E-state index >= 15 is 0 Å². The van der Waals surface area contributed by atoms with Crippen LogP contribution in [0.4, 0.5) is 0 Å². The van der Waals surface area contributed by atoms with Crippen molar-refractivity contribution in [2.45, 2.75) is 65.7 Å². The Morgan fingerprint density at radius 3 is 2.18 bits per heavy atom. The first-order valence-electron chi connectivity index (χ1n) is 16.2. The largest absolute Gasteiger partial charge is 0.134 e. The van der Waals surface area contributed by atoms with Gasteiger partial charge in [-0.05, 0) is 106 Å². The summed E-state index contributed by atoms with van der Waals surface area (Å²) in [4.78, 5) is 5.32. The van der Waals surface area contributed by atoms with Crippen LogP contribution in [-0.4, -0.2) is 0 Å². The second kappa shape index (κ2) is 14.4. The maximum atomic E-state index is 2.46. The third kappa shape index (κ3) is 6.67. The van der Waals surface area contributed by atoms with Gasteiger partial charge in [0, 0.05) is 19.5 Å². The van der Waals surface area contributed by atoms with Crippen LogP contribution >= 0.6 is 22.7 Å².